The molecule has 0 spiro atoms. The van der Waals surface area contributed by atoms with Crippen LogP contribution in [0, 0.1) is 0 Å². The van der Waals surface area contributed by atoms with Crippen LogP contribution < -0.4 is 10.2 Å². The molecular weight excluding hydrogens is 267 g/mol. The fraction of sp³-hybridized carbons (Fsp3) is 0.375. The largest absolute Gasteiger partial charge is 0.618 e. The monoisotopic (exact) mass is 278 g/mol. The van der Waals surface area contributed by atoms with Crippen LogP contribution >= 0.6 is 29.7 Å². The van der Waals surface area contributed by atoms with E-state index >= 15 is 0 Å². The van der Waals surface area contributed by atoms with Crippen molar-refractivity contribution in [3.05, 3.63) is 11.2 Å². The Morgan fingerprint density at radius 3 is 3.25 bits per heavy atom. The van der Waals surface area contributed by atoms with Gasteiger partial charge in [0.15, 0.2) is 12.7 Å². The molecule has 1 unspecified atom stereocenters. The van der Waals surface area contributed by atoms with Crippen LogP contribution in [-0.2, 0) is 4.74 Å². The zero-order chi connectivity index (χ0) is 12.0. The van der Waals surface area contributed by atoms with Crippen LogP contribution in [0.2, 0.25) is 0 Å². The molecule has 0 saturated carbocycles. The number of carbonyl (C=O) groups is 1. The van der Waals surface area contributed by atoms with Gasteiger partial charge in [0.05, 0.1) is 16.9 Å². The van der Waals surface area contributed by atoms with Crippen LogP contribution in [0.5, 0.6) is 0 Å². The second-order valence-corrected chi connectivity index (χ2v) is 6.72. The SMILES string of the molecule is CCNc1scnc1C(=O)OC=[P+]([O-])SC. The molecule has 8 heteroatoms. The minimum Gasteiger partial charge on any atom is -0.618 e. The van der Waals surface area contributed by atoms with Gasteiger partial charge in [-0.2, -0.15) is 0 Å². The zero-order valence-electron chi connectivity index (χ0n) is 8.80. The highest BCUT2D eigenvalue weighted by molar-refractivity contribution is 8.52. The van der Waals surface area contributed by atoms with Crippen molar-refractivity contribution in [2.45, 2.75) is 6.92 Å². The average molecular weight is 278 g/mol. The second kappa shape index (κ2) is 6.85. The lowest BCUT2D eigenvalue weighted by molar-refractivity contribution is -0.147. The summed E-state index contributed by atoms with van der Waals surface area (Å²) in [5.74, 6) is 0.451. The minimum absolute atomic E-state index is 0.229. The Morgan fingerprint density at radius 2 is 2.62 bits per heavy atom. The number of hydrogen-bond donors (Lipinski definition) is 1. The zero-order valence-corrected chi connectivity index (χ0v) is 11.3. The molecule has 0 saturated heterocycles. The molecule has 5 nitrogen and oxygen atoms in total. The predicted octanol–water partition coefficient (Wildman–Crippen LogP) is 1.53. The number of anilines is 1. The lowest BCUT2D eigenvalue weighted by atomic mass is 10.4. The number of carbonyl (C=O) groups excluding carboxylic acids is 1. The average Bonchev–Trinajstić information content (AvgIpc) is 2.74. The summed E-state index contributed by atoms with van der Waals surface area (Å²) in [6.07, 6.45) is 1.68. The van der Waals surface area contributed by atoms with Gasteiger partial charge in [0.25, 0.3) is 5.98 Å². The van der Waals surface area contributed by atoms with Gasteiger partial charge in [0, 0.05) is 12.8 Å². The van der Waals surface area contributed by atoms with E-state index < -0.39 is 12.9 Å². The highest BCUT2D eigenvalue weighted by Gasteiger charge is 2.16. The fourth-order valence-corrected chi connectivity index (χ4v) is 2.26. The van der Waals surface area contributed by atoms with Crippen LogP contribution in [0.1, 0.15) is 17.4 Å². The van der Waals surface area contributed by atoms with E-state index in [9.17, 15) is 9.69 Å². The number of thiazole rings is 1. The Balaban J connectivity index is 2.69. The quantitative estimate of drug-likeness (QED) is 0.650. The molecule has 0 aromatic carbocycles. The summed E-state index contributed by atoms with van der Waals surface area (Å²) >= 11 is 2.45. The molecule has 1 rings (SSSR count). The Morgan fingerprint density at radius 1 is 1.88 bits per heavy atom. The van der Waals surface area contributed by atoms with Crippen molar-refractivity contribution in [1.29, 1.82) is 0 Å². The van der Waals surface area contributed by atoms with Crippen molar-refractivity contribution in [1.82, 2.24) is 4.98 Å². The van der Waals surface area contributed by atoms with Gasteiger partial charge < -0.3 is 14.9 Å². The number of ether oxygens (including phenoxy) is 1. The van der Waals surface area contributed by atoms with E-state index in [1.165, 1.54) is 11.3 Å². The molecule has 16 heavy (non-hydrogen) atoms. The second-order valence-electron chi connectivity index (χ2n) is 2.54. The molecule has 1 aromatic rings. The van der Waals surface area contributed by atoms with Crippen LogP contribution in [0.4, 0.5) is 5.00 Å². The summed E-state index contributed by atoms with van der Waals surface area (Å²) in [7, 11) is 0. The Hall–Kier alpha value is -0.620. The molecule has 0 fully saturated rings. The maximum atomic E-state index is 11.5. The molecule has 1 atom stereocenters. The Labute approximate surface area is 102 Å². The van der Waals surface area contributed by atoms with E-state index in [-0.39, 0.29) is 5.69 Å². The summed E-state index contributed by atoms with van der Waals surface area (Å²) in [5.41, 5.74) is 1.79. The van der Waals surface area contributed by atoms with Crippen molar-refractivity contribution in [2.75, 3.05) is 18.1 Å². The lowest BCUT2D eigenvalue weighted by Gasteiger charge is -2.00. The topological polar surface area (TPSA) is 74.3 Å². The number of rotatable bonds is 5. The third kappa shape index (κ3) is 3.75. The molecule has 1 aromatic heterocycles. The van der Waals surface area contributed by atoms with Gasteiger partial charge in [-0.05, 0) is 6.92 Å². The van der Waals surface area contributed by atoms with Gasteiger partial charge in [0.2, 0.25) is 0 Å². The molecule has 0 aliphatic rings. The van der Waals surface area contributed by atoms with E-state index in [2.05, 4.69) is 10.3 Å². The maximum Gasteiger partial charge on any atom is 0.367 e. The van der Waals surface area contributed by atoms with Crippen molar-refractivity contribution in [2.24, 2.45) is 0 Å². The minimum atomic E-state index is -1.65. The van der Waals surface area contributed by atoms with Crippen molar-refractivity contribution >= 4 is 46.6 Å². The molecule has 0 aliphatic heterocycles. The maximum absolute atomic E-state index is 11.5. The van der Waals surface area contributed by atoms with Gasteiger partial charge in [-0.15, -0.1) is 11.3 Å². The first-order valence-electron chi connectivity index (χ1n) is 4.41. The molecule has 1 heterocycles. The van der Waals surface area contributed by atoms with Crippen LogP contribution in [0.3, 0.4) is 0 Å². The van der Waals surface area contributed by atoms with Crippen LogP contribution in [-0.4, -0.2) is 29.7 Å². The van der Waals surface area contributed by atoms with E-state index in [0.717, 1.165) is 17.4 Å². The number of hydrogen-bond acceptors (Lipinski definition) is 7. The summed E-state index contributed by atoms with van der Waals surface area (Å²) in [6.45, 7) is 0.971. The number of nitrogens with zero attached hydrogens (tertiary/aromatic N) is 1. The summed E-state index contributed by atoms with van der Waals surface area (Å²) in [4.78, 5) is 26.5. The lowest BCUT2D eigenvalue weighted by Crippen LogP contribution is -2.08. The van der Waals surface area contributed by atoms with Crippen molar-refractivity contribution in [3.63, 3.8) is 0 Å². The van der Waals surface area contributed by atoms with Gasteiger partial charge >= 0.3 is 5.97 Å². The van der Waals surface area contributed by atoms with E-state index in [0.29, 0.717) is 11.5 Å². The first-order valence-corrected chi connectivity index (χ1v) is 8.45. The van der Waals surface area contributed by atoms with Gasteiger partial charge in [-0.25, -0.2) is 9.78 Å². The normalized spacial score (nSPS) is 11.3. The third-order valence-electron chi connectivity index (χ3n) is 1.52. The first kappa shape index (κ1) is 13.4. The summed E-state index contributed by atoms with van der Waals surface area (Å²) < 4.78 is 4.76. The van der Waals surface area contributed by atoms with Crippen LogP contribution in [0.15, 0.2) is 5.51 Å². The predicted molar refractivity (Wildman–Crippen MR) is 68.2 cm³/mol. The molecule has 0 bridgehead atoms. The van der Waals surface area contributed by atoms with Crippen molar-refractivity contribution < 1.29 is 14.4 Å². The fourth-order valence-electron chi connectivity index (χ4n) is 0.867. The molecule has 0 amide bonds. The number of esters is 1. The highest BCUT2D eigenvalue weighted by Crippen LogP contribution is 2.26. The summed E-state index contributed by atoms with van der Waals surface area (Å²) in [6, 6.07) is 0. The third-order valence-corrected chi connectivity index (χ3v) is 4.28. The number of aromatic nitrogens is 1. The molecular formula is C8H11N2O3PS2. The standard InChI is InChI=1S/C8H11N2O3PS2/c1-3-9-7-6(10-4-16-7)8(11)13-5-14(12)15-2/h4-5,9H,3H2,1-2H3. The Kier molecular flexibility index (Phi) is 5.76. The molecule has 0 radical (unpaired) electrons. The van der Waals surface area contributed by atoms with Gasteiger partial charge in [-0.3, -0.25) is 0 Å². The number of nitrogens with one attached hydrogen (secondary N) is 1. The molecule has 0 aliphatic carbocycles. The van der Waals surface area contributed by atoms with Gasteiger partial charge in [0.1, 0.15) is 5.00 Å². The molecule has 1 N–H and O–H groups in total. The van der Waals surface area contributed by atoms with E-state index in [1.807, 2.05) is 6.92 Å². The van der Waals surface area contributed by atoms with E-state index in [1.54, 1.807) is 11.8 Å². The smallest absolute Gasteiger partial charge is 0.367 e. The highest BCUT2D eigenvalue weighted by atomic mass is 32.7. The first-order chi connectivity index (χ1) is 7.69. The van der Waals surface area contributed by atoms with E-state index in [4.69, 9.17) is 4.74 Å². The van der Waals surface area contributed by atoms with Gasteiger partial charge in [-0.1, -0.05) is 0 Å². The van der Waals surface area contributed by atoms with Crippen LogP contribution in [0.25, 0.3) is 0 Å². The summed E-state index contributed by atoms with van der Waals surface area (Å²) in [5, 5.41) is 3.67. The Bertz CT molecular complexity index is 394. The van der Waals surface area contributed by atoms with Crippen molar-refractivity contribution in [3.8, 4) is 0 Å². The molecule has 88 valence electrons.